The maximum Gasteiger partial charge on any atom is 0.326 e. The van der Waals surface area contributed by atoms with E-state index in [2.05, 4.69) is 4.90 Å². The molecule has 52 heavy (non-hydrogen) atoms. The number of amidine groups is 1. The minimum atomic E-state index is -3.97. The van der Waals surface area contributed by atoms with E-state index in [1.807, 2.05) is 31.2 Å². The van der Waals surface area contributed by atoms with Crippen molar-refractivity contribution in [1.82, 2.24) is 19.0 Å². The number of nitrogens with zero attached hydrogens (tertiary/aromatic N) is 5. The summed E-state index contributed by atoms with van der Waals surface area (Å²) in [4.78, 5) is 25.8. The van der Waals surface area contributed by atoms with Crippen LogP contribution in [0.25, 0.3) is 0 Å². The van der Waals surface area contributed by atoms with Crippen molar-refractivity contribution >= 4 is 80.3 Å². The number of piperazine rings is 1. The number of urea groups is 1. The number of halogens is 4. The second-order valence-corrected chi connectivity index (χ2v) is 17.6. The van der Waals surface area contributed by atoms with Gasteiger partial charge in [0.05, 0.1) is 29.5 Å². The monoisotopic (exact) mass is 829 g/mol. The Kier molecular flexibility index (Phi) is 14.1. The molecule has 16 heteroatoms. The molecule has 0 radical (unpaired) electrons. The summed E-state index contributed by atoms with van der Waals surface area (Å²) >= 11 is 18.5. The lowest BCUT2D eigenvalue weighted by Gasteiger charge is -2.39. The van der Waals surface area contributed by atoms with Crippen molar-refractivity contribution in [2.75, 3.05) is 64.4 Å². The molecule has 3 aromatic rings. The van der Waals surface area contributed by atoms with Crippen LogP contribution in [-0.2, 0) is 21.2 Å². The zero-order valence-corrected chi connectivity index (χ0v) is 33.8. The maximum atomic E-state index is 15.0. The van der Waals surface area contributed by atoms with Crippen molar-refractivity contribution in [3.8, 4) is 5.75 Å². The molecule has 10 nitrogen and oxygen atoms in total. The maximum absolute atomic E-state index is 15.0. The van der Waals surface area contributed by atoms with Crippen molar-refractivity contribution in [3.05, 3.63) is 92.4 Å². The normalized spacial score (nSPS) is 20.7. The Morgan fingerprint density at radius 1 is 0.904 bits per heavy atom. The van der Waals surface area contributed by atoms with Crippen molar-refractivity contribution in [2.45, 2.75) is 43.2 Å². The second-order valence-electron chi connectivity index (χ2n) is 12.9. The quantitative estimate of drug-likeness (QED) is 0.199. The first-order valence-electron chi connectivity index (χ1n) is 17.1. The molecule has 0 bridgehead atoms. The number of carbonyl (C=O) groups is 1. The topological polar surface area (TPSA) is 109 Å². The molecular weight excluding hydrogens is 788 g/mol. The Balaban J connectivity index is 0.00000523. The lowest BCUT2D eigenvalue weighted by Crippen LogP contribution is -2.54. The average molecular weight is 832 g/mol. The zero-order chi connectivity index (χ0) is 36.3. The van der Waals surface area contributed by atoms with E-state index in [0.29, 0.717) is 72.9 Å². The number of ether oxygens (including phenoxy) is 1. The lowest BCUT2D eigenvalue weighted by molar-refractivity contribution is 0.122. The molecule has 3 aliphatic heterocycles. The van der Waals surface area contributed by atoms with Gasteiger partial charge in [-0.15, -0.1) is 12.4 Å². The highest BCUT2D eigenvalue weighted by Crippen LogP contribution is 2.46. The van der Waals surface area contributed by atoms with E-state index < -0.39 is 33.3 Å². The van der Waals surface area contributed by atoms with Gasteiger partial charge in [-0.1, -0.05) is 76.7 Å². The SMILES string of the molecule is CCOc1cc(Cl)c(S(=O)(=O)N2CCCCC2)cc1C1=N[C@@H](c2ccc(Cl)cc2)[C@@H](c2ccc(Cl)cc2)N1C(=O)N1CCN(CC[S+](C)[O-])CC1.Cl. The summed E-state index contributed by atoms with van der Waals surface area (Å²) in [6.45, 7) is 5.75. The van der Waals surface area contributed by atoms with Crippen LogP contribution in [-0.4, -0.2) is 108 Å². The number of aliphatic imine (C=N–C) groups is 1. The first-order valence-corrected chi connectivity index (χ1v) is 21.4. The smallest absolute Gasteiger partial charge is 0.326 e. The van der Waals surface area contributed by atoms with E-state index in [1.54, 1.807) is 40.3 Å². The van der Waals surface area contributed by atoms with Crippen LogP contribution < -0.4 is 4.74 Å². The molecule has 2 saturated heterocycles. The summed E-state index contributed by atoms with van der Waals surface area (Å²) in [7, 11) is -3.97. The Bertz CT molecular complexity index is 1840. The van der Waals surface area contributed by atoms with Gasteiger partial charge in [-0.2, -0.15) is 4.31 Å². The Morgan fingerprint density at radius 2 is 1.50 bits per heavy atom. The van der Waals surface area contributed by atoms with Crippen LogP contribution in [0.3, 0.4) is 0 Å². The molecule has 0 N–H and O–H groups in total. The number of hydrogen-bond donors (Lipinski definition) is 0. The molecule has 3 aliphatic rings. The van der Waals surface area contributed by atoms with E-state index in [-0.39, 0.29) is 40.8 Å². The van der Waals surface area contributed by atoms with Crippen molar-refractivity contribution < 1.29 is 22.5 Å². The van der Waals surface area contributed by atoms with Gasteiger partial charge in [0.1, 0.15) is 28.3 Å². The summed E-state index contributed by atoms with van der Waals surface area (Å²) in [5, 5.41) is 1.15. The van der Waals surface area contributed by atoms with Crippen molar-refractivity contribution in [1.29, 1.82) is 0 Å². The molecule has 0 saturated carbocycles. The Morgan fingerprint density at radius 3 is 2.08 bits per heavy atom. The van der Waals surface area contributed by atoms with Gasteiger partial charge in [0.25, 0.3) is 0 Å². The molecule has 3 aromatic carbocycles. The largest absolute Gasteiger partial charge is 0.617 e. The molecule has 0 aromatic heterocycles. The number of carbonyl (C=O) groups excluding carboxylic acids is 1. The summed E-state index contributed by atoms with van der Waals surface area (Å²) < 4.78 is 47.5. The molecule has 2 fully saturated rings. The van der Waals surface area contributed by atoms with Crippen LogP contribution in [0.2, 0.25) is 15.1 Å². The van der Waals surface area contributed by atoms with Crippen molar-refractivity contribution in [3.63, 3.8) is 0 Å². The molecule has 2 amide bonds. The Labute approximate surface area is 330 Å². The predicted molar refractivity (Wildman–Crippen MR) is 212 cm³/mol. The molecule has 1 unspecified atom stereocenters. The average Bonchev–Trinajstić information content (AvgIpc) is 3.52. The van der Waals surface area contributed by atoms with E-state index in [4.69, 9.17) is 44.5 Å². The van der Waals surface area contributed by atoms with Gasteiger partial charge in [0.15, 0.2) is 0 Å². The molecule has 3 heterocycles. The van der Waals surface area contributed by atoms with Crippen LogP contribution in [0, 0.1) is 0 Å². The van der Waals surface area contributed by atoms with Crippen LogP contribution in [0.1, 0.15) is 55.0 Å². The van der Waals surface area contributed by atoms with E-state index in [0.717, 1.165) is 30.4 Å². The van der Waals surface area contributed by atoms with Gasteiger partial charge in [0, 0.05) is 61.9 Å². The van der Waals surface area contributed by atoms with Crippen LogP contribution in [0.5, 0.6) is 5.75 Å². The van der Waals surface area contributed by atoms with E-state index in [1.165, 1.54) is 16.4 Å². The molecule has 3 atom stereocenters. The first kappa shape index (κ1) is 40.9. The van der Waals surface area contributed by atoms with Gasteiger partial charge in [0.2, 0.25) is 10.0 Å². The number of sulfonamides is 1. The molecule has 0 aliphatic carbocycles. The highest BCUT2D eigenvalue weighted by atomic mass is 35.5. The summed E-state index contributed by atoms with van der Waals surface area (Å²) in [6, 6.07) is 16.2. The zero-order valence-electron chi connectivity index (χ0n) is 29.0. The lowest BCUT2D eigenvalue weighted by atomic mass is 9.93. The van der Waals surface area contributed by atoms with Gasteiger partial charge in [-0.3, -0.25) is 14.8 Å². The minimum Gasteiger partial charge on any atom is -0.617 e. The number of amides is 2. The molecule has 0 spiro atoms. The minimum absolute atomic E-state index is 0. The number of benzene rings is 3. The number of piperidine rings is 1. The summed E-state index contributed by atoms with van der Waals surface area (Å²) in [5.74, 6) is 1.16. The van der Waals surface area contributed by atoms with E-state index >= 15 is 0 Å². The first-order chi connectivity index (χ1) is 24.5. The standard InChI is InChI=1S/C36H42Cl3N5O5S2.ClH/c1-3-49-31-24-30(39)32(51(47,48)43-15-5-4-6-16-43)23-29(31)35-40-33(25-7-11-27(37)12-8-25)34(26-9-13-28(38)14-10-26)44(35)36(45)42-19-17-41(18-20-42)21-22-50(2)46;/h7-14,23-24,33-34H,3-6,15-22H2,1-2H3;1H/t33-,34+,50?;/m0./s1. The van der Waals surface area contributed by atoms with E-state index in [9.17, 15) is 17.8 Å². The second kappa shape index (κ2) is 17.9. The Hall–Kier alpha value is -2.26. The highest BCUT2D eigenvalue weighted by Gasteiger charge is 2.45. The summed E-state index contributed by atoms with van der Waals surface area (Å²) in [6.07, 6.45) is 4.20. The predicted octanol–water partition coefficient (Wildman–Crippen LogP) is 7.30. The van der Waals surface area contributed by atoms with Gasteiger partial charge >= 0.3 is 6.03 Å². The number of rotatable bonds is 10. The molecular formula is C36H43Cl4N5O5S2. The van der Waals surface area contributed by atoms with Gasteiger partial charge < -0.3 is 14.2 Å². The third kappa shape index (κ3) is 8.98. The third-order valence-electron chi connectivity index (χ3n) is 9.54. The summed E-state index contributed by atoms with van der Waals surface area (Å²) in [5.41, 5.74) is 1.96. The molecule has 282 valence electrons. The number of hydrogen-bond acceptors (Lipinski definition) is 7. The van der Waals surface area contributed by atoms with Gasteiger partial charge in [-0.05, 0) is 61.2 Å². The van der Waals surface area contributed by atoms with Crippen molar-refractivity contribution in [2.24, 2.45) is 4.99 Å². The molecule has 6 rings (SSSR count). The fourth-order valence-corrected chi connectivity index (χ4v) is 9.66. The van der Waals surface area contributed by atoms with Crippen LogP contribution in [0.15, 0.2) is 70.6 Å². The van der Waals surface area contributed by atoms with Gasteiger partial charge in [-0.25, -0.2) is 13.2 Å². The highest BCUT2D eigenvalue weighted by molar-refractivity contribution is 7.90. The van der Waals surface area contributed by atoms with Crippen LogP contribution in [0.4, 0.5) is 4.79 Å². The fraction of sp³-hybridized carbons (Fsp3) is 0.444. The third-order valence-corrected chi connectivity index (χ3v) is 13.2. The fourth-order valence-electron chi connectivity index (χ4n) is 6.85. The van der Waals surface area contributed by atoms with Crippen LogP contribution >= 0.6 is 47.2 Å².